The highest BCUT2D eigenvalue weighted by Crippen LogP contribution is 2.46. The van der Waals surface area contributed by atoms with Gasteiger partial charge in [0.2, 0.25) is 0 Å². The summed E-state index contributed by atoms with van der Waals surface area (Å²) in [6, 6.07) is 9.54. The number of anilines is 1. The van der Waals surface area contributed by atoms with Crippen LogP contribution in [0.1, 0.15) is 16.5 Å². The summed E-state index contributed by atoms with van der Waals surface area (Å²) >= 11 is 1.73. The van der Waals surface area contributed by atoms with E-state index in [4.69, 9.17) is 10.5 Å². The van der Waals surface area contributed by atoms with E-state index in [0.717, 1.165) is 17.0 Å². The van der Waals surface area contributed by atoms with Gasteiger partial charge < -0.3 is 10.5 Å². The maximum Gasteiger partial charge on any atom is 0.146 e. The summed E-state index contributed by atoms with van der Waals surface area (Å²) in [5, 5.41) is 8.28. The second kappa shape index (κ2) is 5.66. The average Bonchev–Trinajstić information content (AvgIpc) is 2.89. The Bertz CT molecular complexity index is 606. The lowest BCUT2D eigenvalue weighted by Gasteiger charge is -2.06. The Hall–Kier alpha value is -1.82. The number of alkyl halides is 1. The number of fused-ring (bicyclic) bond motifs is 1. The zero-order chi connectivity index (χ0) is 13.9. The van der Waals surface area contributed by atoms with Crippen LogP contribution in [-0.4, -0.2) is 23.5 Å². The number of hydrogen-bond acceptors (Lipinski definition) is 5. The minimum Gasteiger partial charge on any atom is -0.491 e. The first-order chi connectivity index (χ1) is 9.76. The van der Waals surface area contributed by atoms with Gasteiger partial charge in [0, 0.05) is 4.90 Å². The fourth-order valence-corrected chi connectivity index (χ4v) is 3.45. The fourth-order valence-electron chi connectivity index (χ4n) is 2.14. The lowest BCUT2D eigenvalue weighted by Crippen LogP contribution is -2.00. The van der Waals surface area contributed by atoms with E-state index in [1.807, 2.05) is 24.3 Å². The molecule has 2 aromatic rings. The molecule has 0 bridgehead atoms. The normalized spacial score (nSPS) is 16.9. The molecule has 1 aromatic carbocycles. The van der Waals surface area contributed by atoms with E-state index in [-0.39, 0.29) is 11.9 Å². The van der Waals surface area contributed by atoms with E-state index < -0.39 is 6.67 Å². The monoisotopic (exact) mass is 291 g/mol. The number of aromatic nitrogens is 2. The lowest BCUT2D eigenvalue weighted by atomic mass is 10.1. The molecule has 0 saturated heterocycles. The number of nitrogens with two attached hydrogens (primary N) is 1. The van der Waals surface area contributed by atoms with Gasteiger partial charge in [0.15, 0.2) is 0 Å². The maximum absolute atomic E-state index is 12.1. The summed E-state index contributed by atoms with van der Waals surface area (Å²) in [6.45, 7) is -0.385. The van der Waals surface area contributed by atoms with Crippen LogP contribution in [-0.2, 0) is 6.42 Å². The molecule has 6 heteroatoms. The lowest BCUT2D eigenvalue weighted by molar-refractivity contribution is 0.273. The molecule has 0 saturated carbocycles. The highest BCUT2D eigenvalue weighted by molar-refractivity contribution is 7.99. The van der Waals surface area contributed by atoms with Crippen molar-refractivity contribution >= 4 is 17.6 Å². The highest BCUT2D eigenvalue weighted by atomic mass is 32.2. The van der Waals surface area contributed by atoms with Crippen LogP contribution in [0.3, 0.4) is 0 Å². The molecule has 1 aliphatic heterocycles. The largest absolute Gasteiger partial charge is 0.491 e. The van der Waals surface area contributed by atoms with E-state index >= 15 is 0 Å². The molecule has 0 radical (unpaired) electrons. The zero-order valence-corrected chi connectivity index (χ0v) is 11.6. The van der Waals surface area contributed by atoms with Crippen LogP contribution in [0.15, 0.2) is 35.2 Å². The first-order valence-corrected chi connectivity index (χ1v) is 7.21. The maximum atomic E-state index is 12.1. The van der Waals surface area contributed by atoms with Gasteiger partial charge in [-0.3, -0.25) is 0 Å². The number of halogens is 1. The summed E-state index contributed by atoms with van der Waals surface area (Å²) in [5.74, 6) is 1.13. The molecule has 20 heavy (non-hydrogen) atoms. The molecule has 0 aliphatic carbocycles. The van der Waals surface area contributed by atoms with Crippen molar-refractivity contribution in [3.05, 3.63) is 41.6 Å². The summed E-state index contributed by atoms with van der Waals surface area (Å²) in [5.41, 5.74) is 7.73. The van der Waals surface area contributed by atoms with Crippen molar-refractivity contribution in [1.29, 1.82) is 0 Å². The summed E-state index contributed by atoms with van der Waals surface area (Å²) in [7, 11) is 0. The van der Waals surface area contributed by atoms with Gasteiger partial charge in [-0.1, -0.05) is 6.07 Å². The molecule has 1 atom stereocenters. The van der Waals surface area contributed by atoms with Crippen molar-refractivity contribution in [3.63, 3.8) is 0 Å². The quantitative estimate of drug-likeness (QED) is 0.938. The molecular formula is C14H14FN3OS. The number of nitrogen functional groups attached to an aromatic ring is 1. The van der Waals surface area contributed by atoms with Gasteiger partial charge in [-0.2, -0.15) is 5.10 Å². The Morgan fingerprint density at radius 2 is 2.20 bits per heavy atom. The third kappa shape index (κ3) is 2.70. The van der Waals surface area contributed by atoms with Crippen molar-refractivity contribution in [3.8, 4) is 5.75 Å². The summed E-state index contributed by atoms with van der Waals surface area (Å²) < 4.78 is 17.4. The predicted molar refractivity (Wildman–Crippen MR) is 76.7 cm³/mol. The molecule has 3 rings (SSSR count). The Balaban J connectivity index is 1.76. The topological polar surface area (TPSA) is 61.0 Å². The van der Waals surface area contributed by atoms with Gasteiger partial charge in [0.1, 0.15) is 24.8 Å². The third-order valence-corrected chi connectivity index (χ3v) is 4.42. The second-order valence-corrected chi connectivity index (χ2v) is 5.75. The van der Waals surface area contributed by atoms with Crippen molar-refractivity contribution in [2.75, 3.05) is 19.0 Å². The van der Waals surface area contributed by atoms with Crippen LogP contribution in [0, 0.1) is 0 Å². The minimum atomic E-state index is -0.478. The molecule has 2 heterocycles. The van der Waals surface area contributed by atoms with Gasteiger partial charge in [0.25, 0.3) is 0 Å². The van der Waals surface area contributed by atoms with Crippen LogP contribution in [0.5, 0.6) is 5.75 Å². The fraction of sp³-hybridized carbons (Fsp3) is 0.286. The van der Waals surface area contributed by atoms with E-state index in [1.165, 1.54) is 5.56 Å². The Labute approximate surface area is 120 Å². The van der Waals surface area contributed by atoms with Crippen LogP contribution >= 0.6 is 11.8 Å². The number of benzene rings is 1. The highest BCUT2D eigenvalue weighted by Gasteiger charge is 2.25. The molecule has 0 fully saturated rings. The SMILES string of the molecule is Nc1ccc(C2Cc3ccc(OCCF)cc3S2)nn1. The minimum absolute atomic E-state index is 0.0936. The number of nitrogens with zero attached hydrogens (tertiary/aromatic N) is 2. The zero-order valence-electron chi connectivity index (χ0n) is 10.8. The molecule has 1 aliphatic rings. The van der Waals surface area contributed by atoms with Crippen LogP contribution in [0.25, 0.3) is 0 Å². The number of thioether (sulfide) groups is 1. The van der Waals surface area contributed by atoms with Crippen LogP contribution in [0.4, 0.5) is 10.2 Å². The van der Waals surface area contributed by atoms with Crippen molar-refractivity contribution < 1.29 is 9.13 Å². The van der Waals surface area contributed by atoms with Gasteiger partial charge in [-0.25, -0.2) is 4.39 Å². The van der Waals surface area contributed by atoms with Gasteiger partial charge in [-0.05, 0) is 36.2 Å². The molecule has 104 valence electrons. The van der Waals surface area contributed by atoms with Crippen molar-refractivity contribution in [1.82, 2.24) is 10.2 Å². The molecule has 0 spiro atoms. The van der Waals surface area contributed by atoms with Crippen molar-refractivity contribution in [2.45, 2.75) is 16.6 Å². The molecule has 2 N–H and O–H groups in total. The van der Waals surface area contributed by atoms with Gasteiger partial charge >= 0.3 is 0 Å². The smallest absolute Gasteiger partial charge is 0.146 e. The van der Waals surface area contributed by atoms with Crippen molar-refractivity contribution in [2.24, 2.45) is 0 Å². The molecule has 4 nitrogen and oxygen atoms in total. The molecule has 1 unspecified atom stereocenters. The van der Waals surface area contributed by atoms with E-state index in [2.05, 4.69) is 10.2 Å². The molecule has 0 amide bonds. The molecule has 1 aromatic heterocycles. The van der Waals surface area contributed by atoms with E-state index in [0.29, 0.717) is 11.6 Å². The number of rotatable bonds is 4. The average molecular weight is 291 g/mol. The standard InChI is InChI=1S/C14H14FN3OS/c15-5-6-19-10-2-1-9-7-13(20-12(9)8-10)11-3-4-14(16)18-17-11/h1-4,8,13H,5-7H2,(H2,16,18). The first-order valence-electron chi connectivity index (χ1n) is 6.33. The van der Waals surface area contributed by atoms with Gasteiger partial charge in [0.05, 0.1) is 10.9 Å². The second-order valence-electron chi connectivity index (χ2n) is 4.50. The van der Waals surface area contributed by atoms with E-state index in [9.17, 15) is 4.39 Å². The summed E-state index contributed by atoms with van der Waals surface area (Å²) in [6.07, 6.45) is 0.905. The molecular weight excluding hydrogens is 277 g/mol. The Morgan fingerprint density at radius 3 is 2.95 bits per heavy atom. The van der Waals surface area contributed by atoms with E-state index in [1.54, 1.807) is 17.8 Å². The van der Waals surface area contributed by atoms with Crippen LogP contribution in [0.2, 0.25) is 0 Å². The summed E-state index contributed by atoms with van der Waals surface area (Å²) in [4.78, 5) is 1.16. The first kappa shape index (κ1) is 13.2. The van der Waals surface area contributed by atoms with Crippen LogP contribution < -0.4 is 10.5 Å². The Morgan fingerprint density at radius 1 is 1.30 bits per heavy atom. The Kier molecular flexibility index (Phi) is 3.73. The predicted octanol–water partition coefficient (Wildman–Crippen LogP) is 2.80. The van der Waals surface area contributed by atoms with Gasteiger partial charge in [-0.15, -0.1) is 16.9 Å². The number of hydrogen-bond donors (Lipinski definition) is 1. The number of ether oxygens (including phenoxy) is 1. The third-order valence-electron chi connectivity index (χ3n) is 3.09.